The molecule has 1 rings (SSSR count). The van der Waals surface area contributed by atoms with Crippen LogP contribution in [0.5, 0.6) is 0 Å². The molecule has 0 aliphatic carbocycles. The summed E-state index contributed by atoms with van der Waals surface area (Å²) < 4.78 is 15.7. The largest absolute Gasteiger partial charge is 0.463 e. The van der Waals surface area contributed by atoms with E-state index in [0.717, 1.165) is 0 Å². The minimum atomic E-state index is -0.567. The molecule has 0 saturated carbocycles. The highest BCUT2D eigenvalue weighted by atomic mass is 16.6. The summed E-state index contributed by atoms with van der Waals surface area (Å²) in [4.78, 5) is 26.5. The van der Waals surface area contributed by atoms with Gasteiger partial charge in [0.15, 0.2) is 0 Å². The van der Waals surface area contributed by atoms with E-state index in [-0.39, 0.29) is 12.7 Å². The summed E-state index contributed by atoms with van der Waals surface area (Å²) in [7, 11) is 1.45. The number of esters is 2. The first-order chi connectivity index (χ1) is 9.52. The fraction of sp³-hybridized carbons (Fsp3) is 0.615. The molecular formula is C13H19NO6. The predicted octanol–water partition coefficient (Wildman–Crippen LogP) is 0.827. The standard InChI is InChI=1S/C13H19NO6/c1-9(15)18-8-13-12(19-10(2)16)5-4-11(20-13)6-7-14-17-3/h4-5,7,11-13H,6,8H2,1-3H3/t11-,12-,13+/m0/s1. The highest BCUT2D eigenvalue weighted by molar-refractivity contribution is 5.67. The zero-order valence-corrected chi connectivity index (χ0v) is 11.8. The normalized spacial score (nSPS) is 25.4. The zero-order valence-electron chi connectivity index (χ0n) is 11.8. The monoisotopic (exact) mass is 285 g/mol. The van der Waals surface area contributed by atoms with Crippen LogP contribution in [0.25, 0.3) is 0 Å². The average Bonchev–Trinajstić information content (AvgIpc) is 2.38. The summed E-state index contributed by atoms with van der Waals surface area (Å²) in [6.07, 6.45) is 4.25. The maximum atomic E-state index is 11.0. The molecule has 0 aromatic rings. The number of carbonyl (C=O) groups excluding carboxylic acids is 2. The van der Waals surface area contributed by atoms with Gasteiger partial charge in [-0.3, -0.25) is 9.59 Å². The Balaban J connectivity index is 2.63. The van der Waals surface area contributed by atoms with Crippen molar-refractivity contribution in [3.05, 3.63) is 12.2 Å². The topological polar surface area (TPSA) is 83.4 Å². The van der Waals surface area contributed by atoms with Crippen molar-refractivity contribution in [2.24, 2.45) is 5.16 Å². The summed E-state index contributed by atoms with van der Waals surface area (Å²) in [5.41, 5.74) is 0. The summed E-state index contributed by atoms with van der Waals surface area (Å²) in [6, 6.07) is 0. The van der Waals surface area contributed by atoms with Crippen LogP contribution in [0.3, 0.4) is 0 Å². The van der Waals surface area contributed by atoms with E-state index < -0.39 is 24.1 Å². The van der Waals surface area contributed by atoms with Gasteiger partial charge < -0.3 is 19.0 Å². The van der Waals surface area contributed by atoms with Gasteiger partial charge in [-0.05, 0) is 6.08 Å². The van der Waals surface area contributed by atoms with E-state index in [0.29, 0.717) is 6.42 Å². The van der Waals surface area contributed by atoms with Crippen molar-refractivity contribution in [2.45, 2.75) is 38.6 Å². The molecule has 20 heavy (non-hydrogen) atoms. The highest BCUT2D eigenvalue weighted by Crippen LogP contribution is 2.18. The molecule has 1 aliphatic heterocycles. The third kappa shape index (κ3) is 5.83. The van der Waals surface area contributed by atoms with Gasteiger partial charge in [0.2, 0.25) is 0 Å². The van der Waals surface area contributed by atoms with Gasteiger partial charge >= 0.3 is 11.9 Å². The molecule has 1 aliphatic rings. The molecule has 0 saturated heterocycles. The van der Waals surface area contributed by atoms with Crippen molar-refractivity contribution in [3.8, 4) is 0 Å². The second kappa shape index (κ2) is 8.31. The first kappa shape index (κ1) is 16.2. The number of nitrogens with zero attached hydrogens (tertiary/aromatic N) is 1. The zero-order chi connectivity index (χ0) is 15.0. The fourth-order valence-electron chi connectivity index (χ4n) is 1.70. The van der Waals surface area contributed by atoms with Gasteiger partial charge in [-0.2, -0.15) is 0 Å². The van der Waals surface area contributed by atoms with Crippen molar-refractivity contribution in [1.82, 2.24) is 0 Å². The van der Waals surface area contributed by atoms with Crippen LogP contribution in [-0.4, -0.2) is 50.2 Å². The van der Waals surface area contributed by atoms with E-state index in [1.165, 1.54) is 21.0 Å². The Kier molecular flexibility index (Phi) is 6.72. The number of carbonyl (C=O) groups is 2. The van der Waals surface area contributed by atoms with Crippen LogP contribution in [-0.2, 0) is 28.6 Å². The number of hydrogen-bond acceptors (Lipinski definition) is 7. The van der Waals surface area contributed by atoms with Crippen molar-refractivity contribution in [2.75, 3.05) is 13.7 Å². The Bertz CT molecular complexity index is 392. The first-order valence-corrected chi connectivity index (χ1v) is 6.22. The molecule has 0 fully saturated rings. The van der Waals surface area contributed by atoms with E-state index in [1.54, 1.807) is 18.4 Å². The smallest absolute Gasteiger partial charge is 0.303 e. The van der Waals surface area contributed by atoms with Crippen LogP contribution in [0.4, 0.5) is 0 Å². The van der Waals surface area contributed by atoms with Crippen LogP contribution >= 0.6 is 0 Å². The van der Waals surface area contributed by atoms with Crippen LogP contribution < -0.4 is 0 Å². The number of hydrogen-bond donors (Lipinski definition) is 0. The van der Waals surface area contributed by atoms with Crippen molar-refractivity contribution >= 4 is 18.2 Å². The number of rotatable bonds is 6. The van der Waals surface area contributed by atoms with Gasteiger partial charge in [-0.1, -0.05) is 11.2 Å². The van der Waals surface area contributed by atoms with E-state index in [1.807, 2.05) is 0 Å². The lowest BCUT2D eigenvalue weighted by Gasteiger charge is -2.30. The van der Waals surface area contributed by atoms with Gasteiger partial charge in [-0.15, -0.1) is 0 Å². The Morgan fingerprint density at radius 1 is 1.30 bits per heavy atom. The fourth-order valence-corrected chi connectivity index (χ4v) is 1.70. The maximum absolute atomic E-state index is 11.0. The molecule has 0 bridgehead atoms. The van der Waals surface area contributed by atoms with Crippen molar-refractivity contribution in [1.29, 1.82) is 0 Å². The first-order valence-electron chi connectivity index (χ1n) is 6.22. The highest BCUT2D eigenvalue weighted by Gasteiger charge is 2.30. The van der Waals surface area contributed by atoms with Crippen molar-refractivity contribution < 1.29 is 28.6 Å². The molecule has 0 unspecified atom stereocenters. The second-order valence-corrected chi connectivity index (χ2v) is 4.18. The summed E-state index contributed by atoms with van der Waals surface area (Å²) in [5, 5.41) is 3.62. The summed E-state index contributed by atoms with van der Waals surface area (Å²) in [6.45, 7) is 2.64. The lowest BCUT2D eigenvalue weighted by atomic mass is 10.1. The SMILES string of the molecule is CON=CC[C@@H]1C=C[C@H](OC(C)=O)[C@@H](COC(C)=O)O1. The molecule has 7 nitrogen and oxygen atoms in total. The molecule has 112 valence electrons. The molecular weight excluding hydrogens is 266 g/mol. The second-order valence-electron chi connectivity index (χ2n) is 4.18. The van der Waals surface area contributed by atoms with Gasteiger partial charge in [-0.25, -0.2) is 0 Å². The van der Waals surface area contributed by atoms with Gasteiger partial charge in [0.1, 0.15) is 25.9 Å². The third-order valence-corrected chi connectivity index (χ3v) is 2.50. The summed E-state index contributed by atoms with van der Waals surface area (Å²) >= 11 is 0. The molecule has 0 aromatic heterocycles. The van der Waals surface area contributed by atoms with Gasteiger partial charge in [0, 0.05) is 26.5 Å². The summed E-state index contributed by atoms with van der Waals surface area (Å²) in [5.74, 6) is -0.835. The molecule has 0 amide bonds. The molecule has 7 heteroatoms. The Labute approximate surface area is 117 Å². The minimum absolute atomic E-state index is 0.0234. The van der Waals surface area contributed by atoms with Gasteiger partial charge in [0.05, 0.1) is 6.10 Å². The third-order valence-electron chi connectivity index (χ3n) is 2.50. The molecule has 0 spiro atoms. The van der Waals surface area contributed by atoms with Crippen LogP contribution in [0.1, 0.15) is 20.3 Å². The van der Waals surface area contributed by atoms with E-state index in [2.05, 4.69) is 9.99 Å². The minimum Gasteiger partial charge on any atom is -0.463 e. The Morgan fingerprint density at radius 2 is 2.05 bits per heavy atom. The van der Waals surface area contributed by atoms with E-state index in [9.17, 15) is 9.59 Å². The molecule has 0 aromatic carbocycles. The molecule has 3 atom stereocenters. The number of oxime groups is 1. The Morgan fingerprint density at radius 3 is 2.65 bits per heavy atom. The van der Waals surface area contributed by atoms with Gasteiger partial charge in [0.25, 0.3) is 0 Å². The molecule has 0 radical (unpaired) electrons. The lowest BCUT2D eigenvalue weighted by molar-refractivity contribution is -0.162. The van der Waals surface area contributed by atoms with E-state index >= 15 is 0 Å². The predicted molar refractivity (Wildman–Crippen MR) is 70.1 cm³/mol. The van der Waals surface area contributed by atoms with Crippen LogP contribution in [0.2, 0.25) is 0 Å². The lowest BCUT2D eigenvalue weighted by Crippen LogP contribution is -2.41. The average molecular weight is 285 g/mol. The molecule has 0 N–H and O–H groups in total. The Hall–Kier alpha value is -1.89. The number of ether oxygens (including phenoxy) is 3. The van der Waals surface area contributed by atoms with Crippen LogP contribution in [0.15, 0.2) is 17.3 Å². The molecule has 1 heterocycles. The maximum Gasteiger partial charge on any atom is 0.303 e. The van der Waals surface area contributed by atoms with Crippen LogP contribution in [0, 0.1) is 0 Å². The van der Waals surface area contributed by atoms with E-state index in [4.69, 9.17) is 14.2 Å². The van der Waals surface area contributed by atoms with Crippen molar-refractivity contribution in [3.63, 3.8) is 0 Å². The quantitative estimate of drug-likeness (QED) is 0.311.